The van der Waals surface area contributed by atoms with Crippen molar-refractivity contribution in [1.29, 1.82) is 0 Å². The summed E-state index contributed by atoms with van der Waals surface area (Å²) in [4.78, 5) is 24.7. The van der Waals surface area contributed by atoms with Crippen LogP contribution in [0, 0.1) is 0 Å². The Hall–Kier alpha value is -1.26. The highest BCUT2D eigenvalue weighted by atomic mass is 16.6. The molecule has 0 aliphatic carbocycles. The molecule has 0 spiro atoms. The number of ether oxygens (including phenoxy) is 2. The second kappa shape index (κ2) is 11.3. The molecular formula is C17H33NO4. The van der Waals surface area contributed by atoms with Crippen LogP contribution in [0.25, 0.3) is 0 Å². The highest BCUT2D eigenvalue weighted by Crippen LogP contribution is 2.09. The van der Waals surface area contributed by atoms with Gasteiger partial charge in [0, 0.05) is 13.6 Å². The van der Waals surface area contributed by atoms with E-state index in [2.05, 4.69) is 6.92 Å². The third kappa shape index (κ3) is 12.5. The van der Waals surface area contributed by atoms with Gasteiger partial charge in [0.05, 0.1) is 13.0 Å². The van der Waals surface area contributed by atoms with E-state index in [0.29, 0.717) is 13.2 Å². The van der Waals surface area contributed by atoms with E-state index in [1.54, 1.807) is 7.05 Å². The van der Waals surface area contributed by atoms with Crippen molar-refractivity contribution >= 4 is 12.1 Å². The number of unbranched alkanes of at least 4 members (excludes halogenated alkanes) is 5. The third-order valence-corrected chi connectivity index (χ3v) is 3.12. The molecule has 0 unspecified atom stereocenters. The van der Waals surface area contributed by atoms with Crippen LogP contribution in [0.1, 0.15) is 72.6 Å². The van der Waals surface area contributed by atoms with Crippen molar-refractivity contribution in [2.24, 2.45) is 0 Å². The fraction of sp³-hybridized carbons (Fsp3) is 0.882. The van der Waals surface area contributed by atoms with Crippen molar-refractivity contribution in [3.8, 4) is 0 Å². The first kappa shape index (κ1) is 20.7. The first-order valence-electron chi connectivity index (χ1n) is 8.36. The van der Waals surface area contributed by atoms with Crippen LogP contribution in [0.2, 0.25) is 0 Å². The van der Waals surface area contributed by atoms with Crippen LogP contribution >= 0.6 is 0 Å². The molecule has 0 saturated carbocycles. The van der Waals surface area contributed by atoms with Crippen molar-refractivity contribution in [3.63, 3.8) is 0 Å². The van der Waals surface area contributed by atoms with Gasteiger partial charge in [-0.1, -0.05) is 39.0 Å². The van der Waals surface area contributed by atoms with Crippen LogP contribution in [0.3, 0.4) is 0 Å². The smallest absolute Gasteiger partial charge is 0.410 e. The molecule has 22 heavy (non-hydrogen) atoms. The number of nitrogens with zero attached hydrogens (tertiary/aromatic N) is 1. The Morgan fingerprint density at radius 3 is 2.18 bits per heavy atom. The van der Waals surface area contributed by atoms with Gasteiger partial charge in [0.25, 0.3) is 0 Å². The molecule has 0 fully saturated rings. The van der Waals surface area contributed by atoms with Gasteiger partial charge in [-0.15, -0.1) is 0 Å². The minimum atomic E-state index is -0.524. The lowest BCUT2D eigenvalue weighted by molar-refractivity contribution is -0.144. The van der Waals surface area contributed by atoms with Gasteiger partial charge in [0.15, 0.2) is 0 Å². The molecule has 0 atom stereocenters. The van der Waals surface area contributed by atoms with Gasteiger partial charge in [-0.3, -0.25) is 4.79 Å². The molecule has 0 radical (unpaired) electrons. The highest BCUT2D eigenvalue weighted by molar-refractivity contribution is 5.72. The van der Waals surface area contributed by atoms with Crippen molar-refractivity contribution in [2.75, 3.05) is 20.2 Å². The predicted molar refractivity (Wildman–Crippen MR) is 87.8 cm³/mol. The lowest BCUT2D eigenvalue weighted by Gasteiger charge is -2.24. The first-order valence-corrected chi connectivity index (χ1v) is 8.36. The average molecular weight is 315 g/mol. The summed E-state index contributed by atoms with van der Waals surface area (Å²) in [6.45, 7) is 8.41. The van der Waals surface area contributed by atoms with Crippen molar-refractivity contribution in [3.05, 3.63) is 0 Å². The van der Waals surface area contributed by atoms with E-state index in [1.807, 2.05) is 20.8 Å². The molecule has 0 aromatic carbocycles. The quantitative estimate of drug-likeness (QED) is 0.449. The first-order chi connectivity index (χ1) is 10.3. The standard InChI is InChI=1S/C17H33NO4/c1-6-7-8-9-10-11-14-21-15(19)12-13-18(5)16(20)22-17(2,3)4/h6-14H2,1-5H3. The Morgan fingerprint density at radius 2 is 1.59 bits per heavy atom. The Labute approximate surface area is 135 Å². The van der Waals surface area contributed by atoms with Crippen LogP contribution in [-0.2, 0) is 14.3 Å². The molecule has 0 aromatic heterocycles. The zero-order chi connectivity index (χ0) is 17.0. The van der Waals surface area contributed by atoms with Crippen LogP contribution in [0.5, 0.6) is 0 Å². The molecule has 0 aromatic rings. The second-order valence-electron chi connectivity index (χ2n) is 6.64. The van der Waals surface area contributed by atoms with Crippen LogP contribution in [0.15, 0.2) is 0 Å². The number of hydrogen-bond donors (Lipinski definition) is 0. The molecule has 5 nitrogen and oxygen atoms in total. The molecule has 0 saturated heterocycles. The predicted octanol–water partition coefficient (Wildman–Crippen LogP) is 4.15. The fourth-order valence-electron chi connectivity index (χ4n) is 1.83. The summed E-state index contributed by atoms with van der Waals surface area (Å²) in [5.41, 5.74) is -0.524. The Kier molecular flexibility index (Phi) is 10.7. The summed E-state index contributed by atoms with van der Waals surface area (Å²) in [7, 11) is 1.62. The van der Waals surface area contributed by atoms with Crippen molar-refractivity contribution in [1.82, 2.24) is 4.90 Å². The number of carbonyl (C=O) groups excluding carboxylic acids is 2. The van der Waals surface area contributed by atoms with Crippen LogP contribution < -0.4 is 0 Å². The fourth-order valence-corrected chi connectivity index (χ4v) is 1.83. The van der Waals surface area contributed by atoms with Crippen molar-refractivity contribution < 1.29 is 19.1 Å². The van der Waals surface area contributed by atoms with Crippen LogP contribution in [0.4, 0.5) is 4.79 Å². The van der Waals surface area contributed by atoms with Gasteiger partial charge in [-0.25, -0.2) is 4.79 Å². The van der Waals surface area contributed by atoms with Gasteiger partial charge in [-0.2, -0.15) is 0 Å². The summed E-state index contributed by atoms with van der Waals surface area (Å²) in [6.07, 6.45) is 6.76. The minimum absolute atomic E-state index is 0.200. The number of esters is 1. The molecule has 0 aliphatic rings. The molecule has 0 aliphatic heterocycles. The zero-order valence-electron chi connectivity index (χ0n) is 14.9. The monoisotopic (exact) mass is 315 g/mol. The maximum atomic E-state index is 11.7. The van der Waals surface area contributed by atoms with Gasteiger partial charge >= 0.3 is 12.1 Å². The van der Waals surface area contributed by atoms with Gasteiger partial charge < -0.3 is 14.4 Å². The maximum Gasteiger partial charge on any atom is 0.410 e. The molecule has 0 heterocycles. The largest absolute Gasteiger partial charge is 0.466 e. The SMILES string of the molecule is CCCCCCCCOC(=O)CCN(C)C(=O)OC(C)(C)C. The molecule has 5 heteroatoms. The molecular weight excluding hydrogens is 282 g/mol. The molecule has 0 rings (SSSR count). The summed E-state index contributed by atoms with van der Waals surface area (Å²) < 4.78 is 10.4. The molecule has 0 N–H and O–H groups in total. The summed E-state index contributed by atoms with van der Waals surface area (Å²) in [5, 5.41) is 0. The number of carbonyl (C=O) groups is 2. The lowest BCUT2D eigenvalue weighted by atomic mass is 10.1. The maximum absolute atomic E-state index is 11.7. The van der Waals surface area contributed by atoms with Gasteiger partial charge in [0.2, 0.25) is 0 Å². The average Bonchev–Trinajstić information content (AvgIpc) is 2.41. The second-order valence-corrected chi connectivity index (χ2v) is 6.64. The normalized spacial score (nSPS) is 11.1. The van der Waals surface area contributed by atoms with E-state index in [9.17, 15) is 9.59 Å². The highest BCUT2D eigenvalue weighted by Gasteiger charge is 2.20. The van der Waals surface area contributed by atoms with E-state index < -0.39 is 11.7 Å². The summed E-state index contributed by atoms with van der Waals surface area (Å²) >= 11 is 0. The Morgan fingerprint density at radius 1 is 1.00 bits per heavy atom. The number of rotatable bonds is 10. The van der Waals surface area contributed by atoms with E-state index in [1.165, 1.54) is 30.6 Å². The van der Waals surface area contributed by atoms with Gasteiger partial charge in [0.1, 0.15) is 5.60 Å². The topological polar surface area (TPSA) is 55.8 Å². The van der Waals surface area contributed by atoms with E-state index in [4.69, 9.17) is 9.47 Å². The molecule has 0 bridgehead atoms. The van der Waals surface area contributed by atoms with Crippen LogP contribution in [-0.4, -0.2) is 42.8 Å². The Bertz CT molecular complexity index is 323. The van der Waals surface area contributed by atoms with E-state index in [0.717, 1.165) is 12.8 Å². The van der Waals surface area contributed by atoms with E-state index >= 15 is 0 Å². The molecule has 1 amide bonds. The van der Waals surface area contributed by atoms with Crippen molar-refractivity contribution in [2.45, 2.75) is 78.2 Å². The number of amides is 1. The third-order valence-electron chi connectivity index (χ3n) is 3.12. The zero-order valence-corrected chi connectivity index (χ0v) is 14.9. The summed E-state index contributed by atoms with van der Waals surface area (Å²) in [5.74, 6) is -0.260. The Balaban J connectivity index is 3.66. The molecule has 130 valence electrons. The lowest BCUT2D eigenvalue weighted by Crippen LogP contribution is -2.35. The summed E-state index contributed by atoms with van der Waals surface area (Å²) in [6, 6.07) is 0. The number of hydrogen-bond acceptors (Lipinski definition) is 4. The minimum Gasteiger partial charge on any atom is -0.466 e. The van der Waals surface area contributed by atoms with Gasteiger partial charge in [-0.05, 0) is 27.2 Å². The van der Waals surface area contributed by atoms with E-state index in [-0.39, 0.29) is 12.4 Å².